The number of piperazine rings is 1. The summed E-state index contributed by atoms with van der Waals surface area (Å²) < 4.78 is 29.4. The number of nitrogens with one attached hydrogen (secondary N) is 2. The Balaban J connectivity index is 1.54. The van der Waals surface area contributed by atoms with E-state index < -0.39 is 18.4 Å². The van der Waals surface area contributed by atoms with Crippen LogP contribution in [0.1, 0.15) is 30.0 Å². The standard InChI is InChI=1S/C24H25F2N7O/c1-13-10-33(11-14(2)28-13)20-5-4-17(23-18(20)9-27-21(8-25)30-23)24(34)29-16-6-15-12-32(3)31-22(15)19(26)7-16/h4-7,9,12-14,28H,8,10-11H2,1-3H3,(H,29,34)/t13-,14-/m1/s1. The normalized spacial score (nSPS) is 18.6. The lowest BCUT2D eigenvalue weighted by atomic mass is 10.0. The zero-order valence-corrected chi connectivity index (χ0v) is 19.1. The van der Waals surface area contributed by atoms with Crippen LogP contribution in [0, 0.1) is 5.82 Å². The van der Waals surface area contributed by atoms with Crippen molar-refractivity contribution in [1.82, 2.24) is 25.1 Å². The van der Waals surface area contributed by atoms with Gasteiger partial charge in [-0.2, -0.15) is 5.10 Å². The Kier molecular flexibility index (Phi) is 5.60. The highest BCUT2D eigenvalue weighted by atomic mass is 19.1. The van der Waals surface area contributed by atoms with Crippen molar-refractivity contribution < 1.29 is 13.6 Å². The topological polar surface area (TPSA) is 88.0 Å². The number of rotatable bonds is 4. The van der Waals surface area contributed by atoms with Crippen LogP contribution in [0.25, 0.3) is 21.8 Å². The molecule has 2 aromatic carbocycles. The van der Waals surface area contributed by atoms with Gasteiger partial charge >= 0.3 is 0 Å². The Morgan fingerprint density at radius 1 is 1.21 bits per heavy atom. The summed E-state index contributed by atoms with van der Waals surface area (Å²) in [5.41, 5.74) is 2.04. The van der Waals surface area contributed by atoms with E-state index in [-0.39, 0.29) is 29.0 Å². The van der Waals surface area contributed by atoms with Crippen molar-refractivity contribution in [3.8, 4) is 0 Å². The number of aryl methyl sites for hydroxylation is 1. The van der Waals surface area contributed by atoms with Gasteiger partial charge in [0.2, 0.25) is 0 Å². The summed E-state index contributed by atoms with van der Waals surface area (Å²) in [6.45, 7) is 4.94. The molecule has 176 valence electrons. The molecular formula is C24H25F2N7O. The number of carbonyl (C=O) groups is 1. The SMILES string of the molecule is C[C@@H]1CN(c2ccc(C(=O)Nc3cc(F)c4nn(C)cc4c3)c3nc(CF)ncc23)C[C@@H](C)N1. The summed E-state index contributed by atoms with van der Waals surface area (Å²) in [5.74, 6) is -0.995. The molecule has 8 nitrogen and oxygen atoms in total. The zero-order valence-electron chi connectivity index (χ0n) is 19.1. The molecule has 1 fully saturated rings. The third kappa shape index (κ3) is 4.05. The summed E-state index contributed by atoms with van der Waals surface area (Å²) in [4.78, 5) is 23.9. The quantitative estimate of drug-likeness (QED) is 0.479. The number of anilines is 2. The predicted molar refractivity (Wildman–Crippen MR) is 127 cm³/mol. The van der Waals surface area contributed by atoms with Crippen LogP contribution >= 0.6 is 0 Å². The predicted octanol–water partition coefficient (Wildman–Crippen LogP) is 3.56. The first-order valence-electron chi connectivity index (χ1n) is 11.1. The van der Waals surface area contributed by atoms with E-state index in [4.69, 9.17) is 0 Å². The van der Waals surface area contributed by atoms with Crippen LogP contribution in [0.4, 0.5) is 20.2 Å². The molecule has 1 aliphatic heterocycles. The van der Waals surface area contributed by atoms with Crippen molar-refractivity contribution in [2.75, 3.05) is 23.3 Å². The minimum absolute atomic E-state index is 0.00331. The highest BCUT2D eigenvalue weighted by Gasteiger charge is 2.24. The maximum atomic E-state index is 14.5. The Morgan fingerprint density at radius 2 is 1.97 bits per heavy atom. The number of amides is 1. The van der Waals surface area contributed by atoms with Crippen LogP contribution in [0.5, 0.6) is 0 Å². The molecule has 1 aliphatic rings. The van der Waals surface area contributed by atoms with Crippen molar-refractivity contribution in [2.24, 2.45) is 7.05 Å². The lowest BCUT2D eigenvalue weighted by molar-refractivity contribution is 0.102. The second-order valence-electron chi connectivity index (χ2n) is 8.84. The van der Waals surface area contributed by atoms with Gasteiger partial charge in [-0.15, -0.1) is 0 Å². The fourth-order valence-corrected chi connectivity index (χ4v) is 4.67. The van der Waals surface area contributed by atoms with Crippen LogP contribution in [0.15, 0.2) is 36.7 Å². The number of nitrogens with zero attached hydrogens (tertiary/aromatic N) is 5. The first-order valence-corrected chi connectivity index (χ1v) is 11.1. The molecule has 2 N–H and O–H groups in total. The Labute approximate surface area is 195 Å². The van der Waals surface area contributed by atoms with Gasteiger partial charge in [-0.05, 0) is 38.1 Å². The van der Waals surface area contributed by atoms with Gasteiger partial charge in [-0.25, -0.2) is 18.7 Å². The molecule has 10 heteroatoms. The average molecular weight is 466 g/mol. The van der Waals surface area contributed by atoms with Crippen molar-refractivity contribution >= 4 is 39.1 Å². The van der Waals surface area contributed by atoms with E-state index in [9.17, 15) is 13.6 Å². The zero-order chi connectivity index (χ0) is 24.0. The van der Waals surface area contributed by atoms with Gasteiger partial charge < -0.3 is 15.5 Å². The molecule has 3 heterocycles. The van der Waals surface area contributed by atoms with Gasteiger partial charge in [0, 0.05) is 66.8 Å². The number of carbonyl (C=O) groups excluding carboxylic acids is 1. The number of halogens is 2. The number of hydrogen-bond acceptors (Lipinski definition) is 6. The lowest BCUT2D eigenvalue weighted by Gasteiger charge is -2.38. The minimum Gasteiger partial charge on any atom is -0.368 e. The maximum Gasteiger partial charge on any atom is 0.257 e. The summed E-state index contributed by atoms with van der Waals surface area (Å²) in [6, 6.07) is 7.00. The van der Waals surface area contributed by atoms with Gasteiger partial charge in [-0.1, -0.05) is 0 Å². The molecular weight excluding hydrogens is 440 g/mol. The molecule has 1 saturated heterocycles. The maximum absolute atomic E-state index is 14.5. The lowest BCUT2D eigenvalue weighted by Crippen LogP contribution is -2.54. The largest absolute Gasteiger partial charge is 0.368 e. The van der Waals surface area contributed by atoms with E-state index in [1.54, 1.807) is 31.6 Å². The van der Waals surface area contributed by atoms with E-state index in [1.165, 1.54) is 10.7 Å². The van der Waals surface area contributed by atoms with Gasteiger partial charge in [-0.3, -0.25) is 9.48 Å². The molecule has 4 aromatic rings. The monoisotopic (exact) mass is 465 g/mol. The Bertz CT molecular complexity index is 1390. The fourth-order valence-electron chi connectivity index (χ4n) is 4.67. The van der Waals surface area contributed by atoms with Crippen LogP contribution in [0.3, 0.4) is 0 Å². The third-order valence-electron chi connectivity index (χ3n) is 5.97. The van der Waals surface area contributed by atoms with Crippen LogP contribution in [0.2, 0.25) is 0 Å². The second-order valence-corrected chi connectivity index (χ2v) is 8.84. The van der Waals surface area contributed by atoms with E-state index in [2.05, 4.69) is 44.4 Å². The molecule has 1 amide bonds. The summed E-state index contributed by atoms with van der Waals surface area (Å²) in [7, 11) is 1.70. The molecule has 2 atom stereocenters. The van der Waals surface area contributed by atoms with E-state index in [1.807, 2.05) is 6.07 Å². The molecule has 0 aliphatic carbocycles. The van der Waals surface area contributed by atoms with Crippen molar-refractivity contribution in [3.63, 3.8) is 0 Å². The molecule has 0 spiro atoms. The van der Waals surface area contributed by atoms with Crippen molar-refractivity contribution in [3.05, 3.63) is 53.9 Å². The molecule has 2 aromatic heterocycles. The fraction of sp³-hybridized carbons (Fsp3) is 0.333. The number of alkyl halides is 1. The summed E-state index contributed by atoms with van der Waals surface area (Å²) >= 11 is 0. The van der Waals surface area contributed by atoms with Gasteiger partial charge in [0.15, 0.2) is 11.6 Å². The second kappa shape index (κ2) is 8.60. The Hall–Kier alpha value is -3.66. The molecule has 0 saturated carbocycles. The van der Waals surface area contributed by atoms with E-state index in [0.717, 1.165) is 18.8 Å². The molecule has 0 bridgehead atoms. The number of hydrogen-bond donors (Lipinski definition) is 2. The minimum atomic E-state index is -0.841. The number of fused-ring (bicyclic) bond motifs is 2. The Morgan fingerprint density at radius 3 is 2.71 bits per heavy atom. The number of aromatic nitrogens is 4. The van der Waals surface area contributed by atoms with Gasteiger partial charge in [0.25, 0.3) is 5.91 Å². The molecule has 0 radical (unpaired) electrons. The first kappa shape index (κ1) is 22.1. The third-order valence-corrected chi connectivity index (χ3v) is 5.97. The van der Waals surface area contributed by atoms with Gasteiger partial charge in [0.05, 0.1) is 11.1 Å². The summed E-state index contributed by atoms with van der Waals surface area (Å²) in [5, 5.41) is 11.6. The van der Waals surface area contributed by atoms with Crippen molar-refractivity contribution in [1.29, 1.82) is 0 Å². The highest BCUT2D eigenvalue weighted by Crippen LogP contribution is 2.30. The number of benzene rings is 2. The molecule has 0 unspecified atom stereocenters. The van der Waals surface area contributed by atoms with Crippen LogP contribution in [-0.2, 0) is 13.7 Å². The average Bonchev–Trinajstić information content (AvgIpc) is 3.18. The van der Waals surface area contributed by atoms with Crippen molar-refractivity contribution in [2.45, 2.75) is 32.6 Å². The van der Waals surface area contributed by atoms with E-state index in [0.29, 0.717) is 22.0 Å². The van der Waals surface area contributed by atoms with Crippen LogP contribution < -0.4 is 15.5 Å². The van der Waals surface area contributed by atoms with E-state index >= 15 is 0 Å². The summed E-state index contributed by atoms with van der Waals surface area (Å²) in [6.07, 6.45) is 3.25. The smallest absolute Gasteiger partial charge is 0.257 e. The molecule has 5 rings (SSSR count). The van der Waals surface area contributed by atoms with Gasteiger partial charge in [0.1, 0.15) is 12.2 Å². The van der Waals surface area contributed by atoms with Crippen LogP contribution in [-0.4, -0.2) is 50.8 Å². The first-order chi connectivity index (χ1) is 16.3. The molecule has 34 heavy (non-hydrogen) atoms. The highest BCUT2D eigenvalue weighted by molar-refractivity contribution is 6.14.